The minimum atomic E-state index is -1.50. The molecule has 0 bridgehead atoms. The Kier molecular flexibility index (Phi) is 7.26. The summed E-state index contributed by atoms with van der Waals surface area (Å²) < 4.78 is 22.4. The molecule has 0 spiro atoms. The molecular weight excluding hydrogens is 260 g/mol. The summed E-state index contributed by atoms with van der Waals surface area (Å²) in [5.74, 6) is -2.25. The summed E-state index contributed by atoms with van der Waals surface area (Å²) in [5.41, 5.74) is 0.988. The van der Waals surface area contributed by atoms with Crippen LogP contribution in [0.15, 0.2) is 30.3 Å². The maximum Gasteiger partial charge on any atom is 0.308 e. The molecule has 0 amide bonds. The van der Waals surface area contributed by atoms with Crippen molar-refractivity contribution in [1.82, 2.24) is 0 Å². The second-order valence-corrected chi connectivity index (χ2v) is 5.42. The van der Waals surface area contributed by atoms with Crippen LogP contribution >= 0.6 is 0 Å². The Balaban J connectivity index is 2.90. The molecule has 2 heteroatoms. The molecule has 0 saturated carbocycles. The van der Waals surface area contributed by atoms with Gasteiger partial charge in [0.15, 0.2) is 0 Å². The van der Waals surface area contributed by atoms with Crippen LogP contribution in [0.3, 0.4) is 0 Å². The van der Waals surface area contributed by atoms with E-state index in [1.165, 1.54) is 0 Å². The fourth-order valence-corrected chi connectivity index (χ4v) is 2.37. The summed E-state index contributed by atoms with van der Waals surface area (Å²) in [7, 11) is 0. The van der Waals surface area contributed by atoms with Crippen LogP contribution in [0, 0.1) is 5.89 Å². The van der Waals surface area contributed by atoms with Crippen LogP contribution in [-0.2, 0) is 9.53 Å². The van der Waals surface area contributed by atoms with Crippen molar-refractivity contribution < 1.29 is 12.3 Å². The van der Waals surface area contributed by atoms with Crippen molar-refractivity contribution in [3.8, 4) is 0 Å². The number of ether oxygens (including phenoxy) is 1. The predicted molar refractivity (Wildman–Crippen MR) is 88.4 cm³/mol. The smallest absolute Gasteiger partial charge is 0.308 e. The van der Waals surface area contributed by atoms with Crippen molar-refractivity contribution in [1.29, 1.82) is 0 Å². The average Bonchev–Trinajstić information content (AvgIpc) is 2.58. The van der Waals surface area contributed by atoms with Crippen LogP contribution in [0.1, 0.15) is 73.5 Å². The lowest BCUT2D eigenvalue weighted by Crippen LogP contribution is -2.20. The summed E-state index contributed by atoms with van der Waals surface area (Å²) in [6.07, 6.45) is 3.52. The van der Waals surface area contributed by atoms with Gasteiger partial charge in [0.1, 0.15) is 0 Å². The van der Waals surface area contributed by atoms with Gasteiger partial charge in [0.25, 0.3) is 0 Å². The van der Waals surface area contributed by atoms with E-state index in [1.807, 2.05) is 37.3 Å². The zero-order valence-corrected chi connectivity index (χ0v) is 13.6. The van der Waals surface area contributed by atoms with Gasteiger partial charge < -0.3 is 4.74 Å². The van der Waals surface area contributed by atoms with Crippen LogP contribution in [0.25, 0.3) is 0 Å². The van der Waals surface area contributed by atoms with E-state index < -0.39 is 18.3 Å². The first kappa shape index (κ1) is 14.6. The van der Waals surface area contributed by atoms with Gasteiger partial charge in [-0.3, -0.25) is 4.79 Å². The van der Waals surface area contributed by atoms with Gasteiger partial charge in [0.05, 0.1) is 12.5 Å². The Hall–Kier alpha value is -1.31. The summed E-state index contributed by atoms with van der Waals surface area (Å²) in [6, 6.07) is 9.69. The molecule has 1 aromatic rings. The zero-order chi connectivity index (χ0) is 17.3. The summed E-state index contributed by atoms with van der Waals surface area (Å²) in [6.45, 7) is 6.04. The predicted octanol–water partition coefficient (Wildman–Crippen LogP) is 5.33. The molecule has 2 nitrogen and oxygen atoms in total. The summed E-state index contributed by atoms with van der Waals surface area (Å²) in [5, 5.41) is 0. The number of carbonyl (C=O) groups excluding carboxylic acids is 1. The number of unbranched alkanes of at least 4 members (excludes halogenated alkanes) is 3. The Bertz CT molecular complexity index is 464. The highest BCUT2D eigenvalue weighted by Crippen LogP contribution is 2.27. The monoisotopic (exact) mass is 292 g/mol. The molecule has 3 atom stereocenters. The van der Waals surface area contributed by atoms with E-state index in [0.29, 0.717) is 6.42 Å². The molecule has 0 aliphatic rings. The SMILES string of the molecule is [2H]C(C(C)c1ccccc1)C([2H])(CCCCCC)C(=O)OCC. The fraction of sp³-hybridized carbons (Fsp3) is 0.632. The largest absolute Gasteiger partial charge is 0.466 e. The van der Waals surface area contributed by atoms with E-state index in [2.05, 4.69) is 6.92 Å². The van der Waals surface area contributed by atoms with Crippen LogP contribution in [0.2, 0.25) is 0 Å². The van der Waals surface area contributed by atoms with Crippen LogP contribution in [-0.4, -0.2) is 12.6 Å². The summed E-state index contributed by atoms with van der Waals surface area (Å²) >= 11 is 0. The Morgan fingerprint density at radius 1 is 1.24 bits per heavy atom. The number of rotatable bonds is 10. The van der Waals surface area contributed by atoms with Crippen molar-refractivity contribution in [3.05, 3.63) is 35.9 Å². The van der Waals surface area contributed by atoms with E-state index >= 15 is 0 Å². The van der Waals surface area contributed by atoms with Crippen LogP contribution in [0.5, 0.6) is 0 Å². The number of hydrogen-bond acceptors (Lipinski definition) is 2. The molecule has 0 aromatic heterocycles. The molecule has 0 fully saturated rings. The molecule has 0 aliphatic carbocycles. The van der Waals surface area contributed by atoms with E-state index in [4.69, 9.17) is 7.48 Å². The maximum atomic E-state index is 12.4. The zero-order valence-electron chi connectivity index (χ0n) is 15.6. The highest BCUT2D eigenvalue weighted by Gasteiger charge is 2.22. The van der Waals surface area contributed by atoms with Gasteiger partial charge in [-0.2, -0.15) is 0 Å². The highest BCUT2D eigenvalue weighted by atomic mass is 16.5. The lowest BCUT2D eigenvalue weighted by atomic mass is 9.87. The van der Waals surface area contributed by atoms with Gasteiger partial charge in [0, 0.05) is 2.74 Å². The Labute approximate surface area is 132 Å². The van der Waals surface area contributed by atoms with E-state index in [-0.39, 0.29) is 12.5 Å². The van der Waals surface area contributed by atoms with Gasteiger partial charge in [-0.25, -0.2) is 0 Å². The molecule has 0 saturated heterocycles. The minimum absolute atomic E-state index is 0.190. The van der Waals surface area contributed by atoms with Crippen molar-refractivity contribution in [2.45, 2.75) is 65.2 Å². The topological polar surface area (TPSA) is 26.3 Å². The second-order valence-electron chi connectivity index (χ2n) is 5.42. The van der Waals surface area contributed by atoms with Crippen molar-refractivity contribution in [2.24, 2.45) is 5.89 Å². The van der Waals surface area contributed by atoms with Crippen molar-refractivity contribution >= 4 is 5.97 Å². The van der Waals surface area contributed by atoms with Gasteiger partial charge in [-0.15, -0.1) is 0 Å². The lowest BCUT2D eigenvalue weighted by molar-refractivity contribution is -0.148. The quantitative estimate of drug-likeness (QED) is 0.430. The third-order valence-electron chi connectivity index (χ3n) is 3.61. The number of esters is 1. The molecule has 0 heterocycles. The molecule has 1 rings (SSSR count). The van der Waals surface area contributed by atoms with Gasteiger partial charge >= 0.3 is 5.97 Å². The molecule has 118 valence electrons. The van der Waals surface area contributed by atoms with E-state index in [1.54, 1.807) is 6.92 Å². The van der Waals surface area contributed by atoms with Crippen LogP contribution in [0.4, 0.5) is 0 Å². The molecule has 1 aromatic carbocycles. The van der Waals surface area contributed by atoms with E-state index in [9.17, 15) is 4.79 Å². The molecule has 0 N–H and O–H groups in total. The lowest BCUT2D eigenvalue weighted by Gasteiger charge is -2.20. The minimum Gasteiger partial charge on any atom is -0.466 e. The maximum absolute atomic E-state index is 12.4. The third kappa shape index (κ3) is 6.79. The van der Waals surface area contributed by atoms with Crippen molar-refractivity contribution in [3.63, 3.8) is 0 Å². The van der Waals surface area contributed by atoms with Gasteiger partial charge in [-0.05, 0) is 31.2 Å². The van der Waals surface area contributed by atoms with E-state index in [0.717, 1.165) is 31.2 Å². The Morgan fingerprint density at radius 2 is 1.95 bits per heavy atom. The normalized spacial score (nSPS) is 18.0. The van der Waals surface area contributed by atoms with Crippen LogP contribution < -0.4 is 0 Å². The molecular formula is C19H30O2. The first-order valence-electron chi connectivity index (χ1n) is 9.19. The first-order valence-corrected chi connectivity index (χ1v) is 8.11. The number of carbonyl (C=O) groups is 1. The number of benzene rings is 1. The third-order valence-corrected chi connectivity index (χ3v) is 3.61. The summed E-state index contributed by atoms with van der Waals surface area (Å²) in [4.78, 5) is 12.4. The molecule has 0 radical (unpaired) electrons. The highest BCUT2D eigenvalue weighted by molar-refractivity contribution is 5.72. The van der Waals surface area contributed by atoms with Crippen molar-refractivity contribution in [2.75, 3.05) is 6.61 Å². The van der Waals surface area contributed by atoms with Gasteiger partial charge in [0.2, 0.25) is 0 Å². The van der Waals surface area contributed by atoms with Gasteiger partial charge in [-0.1, -0.05) is 69.9 Å². The molecule has 0 aliphatic heterocycles. The number of hydrogen-bond donors (Lipinski definition) is 0. The standard InChI is InChI=1S/C19H30O2/c1-4-6-7-9-14-18(19(20)21-5-2)15-16(3)17-12-10-8-11-13-17/h8,10-13,16,18H,4-7,9,14-15H2,1-3H3/i15D,18D. The Morgan fingerprint density at radius 3 is 2.57 bits per heavy atom. The fourth-order valence-electron chi connectivity index (χ4n) is 2.37. The average molecular weight is 292 g/mol. The second kappa shape index (κ2) is 10.4. The molecule has 21 heavy (non-hydrogen) atoms. The first-order chi connectivity index (χ1) is 11.0. The molecule has 3 unspecified atom stereocenters.